The number of methoxy groups -OCH3 is 1. The lowest BCUT2D eigenvalue weighted by Gasteiger charge is -2.11. The zero-order chi connectivity index (χ0) is 23.1. The summed E-state index contributed by atoms with van der Waals surface area (Å²) in [5.41, 5.74) is 1.89. The number of nitrogens with one attached hydrogen (secondary N) is 3. The van der Waals surface area contributed by atoms with Crippen molar-refractivity contribution in [1.82, 2.24) is 20.1 Å². The monoisotopic (exact) mass is 454 g/mol. The summed E-state index contributed by atoms with van der Waals surface area (Å²) in [5.74, 6) is 0.567. The number of carbonyl (C=O) groups is 3. The van der Waals surface area contributed by atoms with Crippen LogP contribution in [0.1, 0.15) is 12.7 Å². The fourth-order valence-electron chi connectivity index (χ4n) is 2.79. The molecule has 1 heterocycles. The number of aromatic nitrogens is 3. The molecule has 0 saturated carbocycles. The number of rotatable bonds is 7. The lowest BCUT2D eigenvalue weighted by Crippen LogP contribution is -2.35. The number of anilines is 2. The van der Waals surface area contributed by atoms with Crippen LogP contribution >= 0.6 is 11.8 Å². The number of imide groups is 1. The SMILES string of the molecule is COc1ccc(NC(=O)NC(=O)CSc2nnc(C)n2-c2cccc(NC(C)=O)c2)cc1. The fourth-order valence-corrected chi connectivity index (χ4v) is 3.59. The molecule has 32 heavy (non-hydrogen) atoms. The molecule has 2 aromatic carbocycles. The number of benzene rings is 2. The molecule has 0 unspecified atom stereocenters. The van der Waals surface area contributed by atoms with Crippen LogP contribution in [-0.4, -0.2) is 45.5 Å². The Morgan fingerprint density at radius 3 is 2.47 bits per heavy atom. The second-order valence-electron chi connectivity index (χ2n) is 6.62. The van der Waals surface area contributed by atoms with Crippen molar-refractivity contribution in [3.63, 3.8) is 0 Å². The van der Waals surface area contributed by atoms with Crippen molar-refractivity contribution in [2.75, 3.05) is 23.5 Å². The van der Waals surface area contributed by atoms with Crippen LogP contribution < -0.4 is 20.7 Å². The van der Waals surface area contributed by atoms with Crippen molar-refractivity contribution in [2.24, 2.45) is 0 Å². The largest absolute Gasteiger partial charge is 0.497 e. The Balaban J connectivity index is 1.60. The average Bonchev–Trinajstić information content (AvgIpc) is 3.13. The molecule has 0 aliphatic rings. The van der Waals surface area contributed by atoms with Crippen LogP contribution in [0.2, 0.25) is 0 Å². The summed E-state index contributed by atoms with van der Waals surface area (Å²) >= 11 is 1.14. The van der Waals surface area contributed by atoms with Gasteiger partial charge in [-0.25, -0.2) is 4.79 Å². The summed E-state index contributed by atoms with van der Waals surface area (Å²) in [6, 6.07) is 13.3. The third-order valence-electron chi connectivity index (χ3n) is 4.15. The minimum atomic E-state index is -0.638. The van der Waals surface area contributed by atoms with Gasteiger partial charge in [-0.05, 0) is 49.4 Å². The molecule has 0 bridgehead atoms. The highest BCUT2D eigenvalue weighted by Crippen LogP contribution is 2.23. The quantitative estimate of drug-likeness (QED) is 0.468. The van der Waals surface area contributed by atoms with E-state index < -0.39 is 11.9 Å². The third kappa shape index (κ3) is 6.08. The first-order valence-electron chi connectivity index (χ1n) is 9.53. The zero-order valence-electron chi connectivity index (χ0n) is 17.7. The average molecular weight is 455 g/mol. The van der Waals surface area contributed by atoms with Crippen molar-refractivity contribution >= 4 is 41.0 Å². The number of nitrogens with zero attached hydrogens (tertiary/aromatic N) is 3. The summed E-state index contributed by atoms with van der Waals surface area (Å²) in [6.45, 7) is 3.21. The second-order valence-corrected chi connectivity index (χ2v) is 7.56. The molecule has 10 nitrogen and oxygen atoms in total. The van der Waals surface area contributed by atoms with E-state index in [-0.39, 0.29) is 11.7 Å². The molecule has 0 saturated heterocycles. The minimum absolute atomic E-state index is 0.0421. The Bertz CT molecular complexity index is 1130. The molecule has 0 fully saturated rings. The Morgan fingerprint density at radius 2 is 1.78 bits per heavy atom. The van der Waals surface area contributed by atoms with Gasteiger partial charge in [-0.15, -0.1) is 10.2 Å². The van der Waals surface area contributed by atoms with Gasteiger partial charge in [0, 0.05) is 18.3 Å². The number of amides is 4. The first-order chi connectivity index (χ1) is 15.4. The van der Waals surface area contributed by atoms with Gasteiger partial charge >= 0.3 is 6.03 Å². The van der Waals surface area contributed by atoms with Gasteiger partial charge in [0.1, 0.15) is 11.6 Å². The van der Waals surface area contributed by atoms with E-state index in [1.54, 1.807) is 61.1 Å². The maximum absolute atomic E-state index is 12.2. The molecule has 3 aromatic rings. The number of thioether (sulfide) groups is 1. The zero-order valence-corrected chi connectivity index (χ0v) is 18.5. The number of aryl methyl sites for hydroxylation is 1. The van der Waals surface area contributed by atoms with E-state index in [1.165, 1.54) is 6.92 Å². The number of carbonyl (C=O) groups excluding carboxylic acids is 3. The van der Waals surface area contributed by atoms with E-state index >= 15 is 0 Å². The molecule has 3 rings (SSSR count). The van der Waals surface area contributed by atoms with Gasteiger partial charge < -0.3 is 15.4 Å². The first-order valence-corrected chi connectivity index (χ1v) is 10.5. The summed E-state index contributed by atoms with van der Waals surface area (Å²) in [7, 11) is 1.55. The minimum Gasteiger partial charge on any atom is -0.497 e. The third-order valence-corrected chi connectivity index (χ3v) is 5.08. The van der Waals surface area contributed by atoms with Gasteiger partial charge in [-0.2, -0.15) is 0 Å². The lowest BCUT2D eigenvalue weighted by molar-refractivity contribution is -0.117. The summed E-state index contributed by atoms with van der Waals surface area (Å²) in [5, 5.41) is 16.3. The van der Waals surface area contributed by atoms with Crippen LogP contribution in [0.15, 0.2) is 53.7 Å². The summed E-state index contributed by atoms with van der Waals surface area (Å²) in [6.07, 6.45) is 0. The van der Waals surface area contributed by atoms with Crippen LogP contribution in [0.25, 0.3) is 5.69 Å². The molecule has 0 aliphatic heterocycles. The maximum Gasteiger partial charge on any atom is 0.325 e. The number of hydrogen-bond acceptors (Lipinski definition) is 7. The number of hydrogen-bond donors (Lipinski definition) is 3. The molecule has 11 heteroatoms. The smallest absolute Gasteiger partial charge is 0.325 e. The molecule has 166 valence electrons. The van der Waals surface area contributed by atoms with E-state index in [2.05, 4.69) is 26.1 Å². The van der Waals surface area contributed by atoms with Gasteiger partial charge in [0.25, 0.3) is 0 Å². The first kappa shape index (κ1) is 22.8. The molecule has 1 aromatic heterocycles. The molecular weight excluding hydrogens is 432 g/mol. The molecule has 0 spiro atoms. The molecule has 0 radical (unpaired) electrons. The van der Waals surface area contributed by atoms with Crippen LogP contribution in [0.4, 0.5) is 16.2 Å². The van der Waals surface area contributed by atoms with Crippen molar-refractivity contribution in [3.8, 4) is 11.4 Å². The van der Waals surface area contributed by atoms with Gasteiger partial charge in [0.2, 0.25) is 11.8 Å². The molecule has 4 amide bonds. The highest BCUT2D eigenvalue weighted by molar-refractivity contribution is 7.99. The van der Waals surface area contributed by atoms with Crippen molar-refractivity contribution in [2.45, 2.75) is 19.0 Å². The molecule has 0 aliphatic carbocycles. The topological polar surface area (TPSA) is 127 Å². The molecule has 3 N–H and O–H groups in total. The van der Waals surface area contributed by atoms with Gasteiger partial charge in [-0.1, -0.05) is 17.8 Å². The van der Waals surface area contributed by atoms with Crippen molar-refractivity contribution in [3.05, 3.63) is 54.4 Å². The normalized spacial score (nSPS) is 10.3. The van der Waals surface area contributed by atoms with E-state index in [4.69, 9.17) is 4.74 Å². The van der Waals surface area contributed by atoms with E-state index in [9.17, 15) is 14.4 Å². The Labute approximate surface area is 188 Å². The predicted octanol–water partition coefficient (Wildman–Crippen LogP) is 2.98. The summed E-state index contributed by atoms with van der Waals surface area (Å²) < 4.78 is 6.83. The van der Waals surface area contributed by atoms with Crippen LogP contribution in [0, 0.1) is 6.92 Å². The predicted molar refractivity (Wildman–Crippen MR) is 121 cm³/mol. The van der Waals surface area contributed by atoms with Crippen LogP contribution in [0.5, 0.6) is 5.75 Å². The summed E-state index contributed by atoms with van der Waals surface area (Å²) in [4.78, 5) is 35.6. The van der Waals surface area contributed by atoms with E-state index in [0.717, 1.165) is 17.4 Å². The standard InChI is InChI=1S/C21H22N6O4S/c1-13-25-26-21(27(13)17-6-4-5-16(11-17)22-14(2)28)32-12-19(29)24-20(30)23-15-7-9-18(31-3)10-8-15/h4-11H,12H2,1-3H3,(H,22,28)(H2,23,24,29,30). The fraction of sp³-hybridized carbons (Fsp3) is 0.190. The molecule has 0 atom stereocenters. The van der Waals surface area contributed by atoms with E-state index in [0.29, 0.717) is 28.1 Å². The van der Waals surface area contributed by atoms with Gasteiger partial charge in [0.15, 0.2) is 5.16 Å². The lowest BCUT2D eigenvalue weighted by atomic mass is 10.2. The van der Waals surface area contributed by atoms with Gasteiger partial charge in [0.05, 0.1) is 18.6 Å². The van der Waals surface area contributed by atoms with Crippen LogP contribution in [-0.2, 0) is 9.59 Å². The van der Waals surface area contributed by atoms with Crippen molar-refractivity contribution < 1.29 is 19.1 Å². The highest BCUT2D eigenvalue weighted by Gasteiger charge is 2.15. The Kier molecular flexibility index (Phi) is 7.45. The Hall–Kier alpha value is -3.86. The molecular formula is C21H22N6O4S. The van der Waals surface area contributed by atoms with Crippen molar-refractivity contribution in [1.29, 1.82) is 0 Å². The van der Waals surface area contributed by atoms with Crippen LogP contribution in [0.3, 0.4) is 0 Å². The van der Waals surface area contributed by atoms with Gasteiger partial charge in [-0.3, -0.25) is 19.5 Å². The highest BCUT2D eigenvalue weighted by atomic mass is 32.2. The number of ether oxygens (including phenoxy) is 1. The van der Waals surface area contributed by atoms with E-state index in [1.807, 2.05) is 6.07 Å². The number of urea groups is 1. The Morgan fingerprint density at radius 1 is 1.03 bits per heavy atom. The second kappa shape index (κ2) is 10.4. The maximum atomic E-state index is 12.2.